The van der Waals surface area contributed by atoms with Crippen molar-refractivity contribution in [2.45, 2.75) is 25.3 Å². The van der Waals surface area contributed by atoms with Gasteiger partial charge in [0.15, 0.2) is 0 Å². The lowest BCUT2D eigenvalue weighted by atomic mass is 9.91. The number of rotatable bonds is 1. The molecule has 0 saturated carbocycles. The van der Waals surface area contributed by atoms with E-state index in [0.29, 0.717) is 5.92 Å². The van der Waals surface area contributed by atoms with E-state index in [1.807, 2.05) is 24.7 Å². The van der Waals surface area contributed by atoms with Gasteiger partial charge in [-0.25, -0.2) is 4.98 Å². The van der Waals surface area contributed by atoms with Gasteiger partial charge in [-0.3, -0.25) is 0 Å². The predicted octanol–water partition coefficient (Wildman–Crippen LogP) is 3.27. The lowest BCUT2D eigenvalue weighted by Crippen LogP contribution is -2.17. The molecule has 1 aliphatic rings. The molecule has 0 spiro atoms. The number of fused-ring (bicyclic) bond motifs is 1. The van der Waals surface area contributed by atoms with E-state index in [1.165, 1.54) is 17.7 Å². The summed E-state index contributed by atoms with van der Waals surface area (Å²) in [6.45, 7) is 1.02. The third kappa shape index (κ3) is 1.74. The Labute approximate surface area is 99.9 Å². The number of aryl methyl sites for hydroxylation is 1. The van der Waals surface area contributed by atoms with E-state index in [9.17, 15) is 0 Å². The number of imidazole rings is 1. The summed E-state index contributed by atoms with van der Waals surface area (Å²) in [7, 11) is 0. The van der Waals surface area contributed by atoms with E-state index in [2.05, 4.69) is 21.7 Å². The van der Waals surface area contributed by atoms with Gasteiger partial charge >= 0.3 is 0 Å². The van der Waals surface area contributed by atoms with Crippen LogP contribution in [0.5, 0.6) is 0 Å². The van der Waals surface area contributed by atoms with Gasteiger partial charge in [-0.15, -0.1) is 0 Å². The van der Waals surface area contributed by atoms with Crippen LogP contribution in [-0.4, -0.2) is 9.55 Å². The highest BCUT2D eigenvalue weighted by atomic mass is 35.5. The van der Waals surface area contributed by atoms with Crippen molar-refractivity contribution in [3.05, 3.63) is 53.1 Å². The molecule has 0 fully saturated rings. The second kappa shape index (κ2) is 3.95. The second-order valence-corrected chi connectivity index (χ2v) is 4.76. The molecule has 2 heterocycles. The maximum absolute atomic E-state index is 6.02. The van der Waals surface area contributed by atoms with Gasteiger partial charge in [0.2, 0.25) is 0 Å². The molecule has 16 heavy (non-hydrogen) atoms. The van der Waals surface area contributed by atoms with Crippen LogP contribution in [0.15, 0.2) is 36.8 Å². The average molecular weight is 233 g/mol. The molecular weight excluding hydrogens is 220 g/mol. The summed E-state index contributed by atoms with van der Waals surface area (Å²) in [6, 6.07) is 8.20. The summed E-state index contributed by atoms with van der Waals surface area (Å²) < 4.78 is 2.25. The highest BCUT2D eigenvalue weighted by Gasteiger charge is 2.19. The van der Waals surface area contributed by atoms with Gasteiger partial charge in [0, 0.05) is 29.4 Å². The second-order valence-electron chi connectivity index (χ2n) is 4.33. The van der Waals surface area contributed by atoms with Crippen LogP contribution < -0.4 is 0 Å². The lowest BCUT2D eigenvalue weighted by Gasteiger charge is -2.24. The first kappa shape index (κ1) is 9.91. The van der Waals surface area contributed by atoms with Crippen molar-refractivity contribution in [3.63, 3.8) is 0 Å². The Balaban J connectivity index is 1.88. The van der Waals surface area contributed by atoms with Crippen LogP contribution in [0, 0.1) is 0 Å². The predicted molar refractivity (Wildman–Crippen MR) is 64.7 cm³/mol. The van der Waals surface area contributed by atoms with Gasteiger partial charge < -0.3 is 4.57 Å². The van der Waals surface area contributed by atoms with Crippen molar-refractivity contribution < 1.29 is 0 Å². The molecule has 0 amide bonds. The normalized spacial score (nSPS) is 19.4. The summed E-state index contributed by atoms with van der Waals surface area (Å²) >= 11 is 6.02. The summed E-state index contributed by atoms with van der Waals surface area (Å²) in [5.74, 6) is 0.570. The summed E-state index contributed by atoms with van der Waals surface area (Å²) in [6.07, 6.45) is 6.18. The molecule has 0 bridgehead atoms. The molecule has 3 heteroatoms. The third-order valence-electron chi connectivity index (χ3n) is 3.28. The summed E-state index contributed by atoms with van der Waals surface area (Å²) in [4.78, 5) is 4.19. The summed E-state index contributed by atoms with van der Waals surface area (Å²) in [5.41, 5.74) is 2.69. The van der Waals surface area contributed by atoms with Crippen molar-refractivity contribution in [2.75, 3.05) is 0 Å². The fourth-order valence-electron chi connectivity index (χ4n) is 2.40. The number of nitrogens with zero attached hydrogens (tertiary/aromatic N) is 2. The molecule has 2 aromatic rings. The van der Waals surface area contributed by atoms with Crippen LogP contribution in [0.1, 0.15) is 23.6 Å². The minimum absolute atomic E-state index is 0.570. The molecule has 1 atom stereocenters. The fraction of sp³-hybridized carbons (Fsp3) is 0.308. The molecule has 82 valence electrons. The smallest absolute Gasteiger partial charge is 0.0948 e. The number of aromatic nitrogens is 2. The molecule has 1 aromatic carbocycles. The minimum atomic E-state index is 0.570. The molecule has 2 nitrogen and oxygen atoms in total. The van der Waals surface area contributed by atoms with Crippen LogP contribution in [0.25, 0.3) is 0 Å². The first-order valence-electron chi connectivity index (χ1n) is 5.57. The largest absolute Gasteiger partial charge is 0.334 e. The molecule has 0 radical (unpaired) electrons. The SMILES string of the molecule is Clc1cccc(C2CCc3cncn3C2)c1. The Bertz CT molecular complexity index is 504. The van der Waals surface area contributed by atoms with E-state index < -0.39 is 0 Å². The number of hydrogen-bond acceptors (Lipinski definition) is 1. The van der Waals surface area contributed by atoms with Crippen molar-refractivity contribution >= 4 is 11.6 Å². The van der Waals surface area contributed by atoms with Gasteiger partial charge in [-0.1, -0.05) is 23.7 Å². The maximum Gasteiger partial charge on any atom is 0.0948 e. The molecule has 1 aromatic heterocycles. The van der Waals surface area contributed by atoms with Crippen LogP contribution in [0.2, 0.25) is 5.02 Å². The number of halogens is 1. The molecule has 1 unspecified atom stereocenters. The molecule has 1 aliphatic heterocycles. The topological polar surface area (TPSA) is 17.8 Å². The molecular formula is C13H13ClN2. The highest BCUT2D eigenvalue weighted by molar-refractivity contribution is 6.30. The Hall–Kier alpha value is -1.28. The first-order valence-corrected chi connectivity index (χ1v) is 5.95. The van der Waals surface area contributed by atoms with Gasteiger partial charge in [0.1, 0.15) is 0 Å². The number of benzene rings is 1. The zero-order valence-corrected chi connectivity index (χ0v) is 9.69. The monoisotopic (exact) mass is 232 g/mol. The molecule has 0 N–H and O–H groups in total. The minimum Gasteiger partial charge on any atom is -0.334 e. The van der Waals surface area contributed by atoms with E-state index >= 15 is 0 Å². The van der Waals surface area contributed by atoms with E-state index in [1.54, 1.807) is 0 Å². The Morgan fingerprint density at radius 1 is 1.38 bits per heavy atom. The maximum atomic E-state index is 6.02. The van der Waals surface area contributed by atoms with Crippen molar-refractivity contribution in [2.24, 2.45) is 0 Å². The molecule has 0 aliphatic carbocycles. The van der Waals surface area contributed by atoms with E-state index in [4.69, 9.17) is 11.6 Å². The summed E-state index contributed by atoms with van der Waals surface area (Å²) in [5, 5.41) is 0.828. The van der Waals surface area contributed by atoms with Gasteiger partial charge in [-0.05, 0) is 30.5 Å². The van der Waals surface area contributed by atoms with Gasteiger partial charge in [0.05, 0.1) is 6.33 Å². The van der Waals surface area contributed by atoms with Gasteiger partial charge in [0.25, 0.3) is 0 Å². The van der Waals surface area contributed by atoms with Crippen LogP contribution in [0.3, 0.4) is 0 Å². The van der Waals surface area contributed by atoms with Crippen molar-refractivity contribution in [1.29, 1.82) is 0 Å². The molecule has 0 saturated heterocycles. The third-order valence-corrected chi connectivity index (χ3v) is 3.52. The fourth-order valence-corrected chi connectivity index (χ4v) is 2.60. The Kier molecular flexibility index (Phi) is 2.44. The zero-order chi connectivity index (χ0) is 11.0. The molecule has 3 rings (SSSR count). The Morgan fingerprint density at radius 3 is 3.19 bits per heavy atom. The Morgan fingerprint density at radius 2 is 2.31 bits per heavy atom. The lowest BCUT2D eigenvalue weighted by molar-refractivity contribution is 0.463. The number of hydrogen-bond donors (Lipinski definition) is 0. The first-order chi connectivity index (χ1) is 7.83. The standard InChI is InChI=1S/C13H13ClN2/c14-12-3-1-2-10(6-12)11-4-5-13-7-15-9-16(13)8-11/h1-3,6-7,9,11H,4-5,8H2. The quantitative estimate of drug-likeness (QED) is 0.738. The average Bonchev–Trinajstić information content (AvgIpc) is 2.75. The van der Waals surface area contributed by atoms with E-state index in [0.717, 1.165) is 18.0 Å². The van der Waals surface area contributed by atoms with Crippen molar-refractivity contribution in [3.8, 4) is 0 Å². The zero-order valence-electron chi connectivity index (χ0n) is 8.94. The highest BCUT2D eigenvalue weighted by Crippen LogP contribution is 2.29. The van der Waals surface area contributed by atoms with Crippen molar-refractivity contribution in [1.82, 2.24) is 9.55 Å². The van der Waals surface area contributed by atoms with Crippen LogP contribution in [-0.2, 0) is 13.0 Å². The van der Waals surface area contributed by atoms with E-state index in [-0.39, 0.29) is 0 Å². The van der Waals surface area contributed by atoms with Gasteiger partial charge in [-0.2, -0.15) is 0 Å². The van der Waals surface area contributed by atoms with Crippen LogP contribution >= 0.6 is 11.6 Å². The van der Waals surface area contributed by atoms with Crippen LogP contribution in [0.4, 0.5) is 0 Å².